The largest absolute Gasteiger partial charge is 0.454 e. The van der Waals surface area contributed by atoms with Gasteiger partial charge < -0.3 is 19.3 Å². The summed E-state index contributed by atoms with van der Waals surface area (Å²) in [5, 5.41) is 10.1. The monoisotopic (exact) mass is 329 g/mol. The highest BCUT2D eigenvalue weighted by molar-refractivity contribution is 5.44. The van der Waals surface area contributed by atoms with Crippen LogP contribution in [0.15, 0.2) is 48.5 Å². The summed E-state index contributed by atoms with van der Waals surface area (Å²) in [7, 11) is 1.99. The molecule has 1 atom stereocenters. The van der Waals surface area contributed by atoms with Crippen molar-refractivity contribution in [2.75, 3.05) is 27.0 Å². The van der Waals surface area contributed by atoms with E-state index < -0.39 is 6.10 Å². The molecule has 0 bridgehead atoms. The predicted molar refractivity (Wildman–Crippen MR) is 91.0 cm³/mol. The second-order valence-corrected chi connectivity index (χ2v) is 6.04. The minimum atomic E-state index is -0.521. The third kappa shape index (κ3) is 4.71. The van der Waals surface area contributed by atoms with E-state index in [0.717, 1.165) is 23.6 Å². The third-order valence-corrected chi connectivity index (χ3v) is 3.83. The molecule has 0 fully saturated rings. The summed E-state index contributed by atoms with van der Waals surface area (Å²) in [5.41, 5.74) is 2.23. The maximum absolute atomic E-state index is 10.1. The number of nitrogens with zero attached hydrogens (tertiary/aromatic N) is 1. The van der Waals surface area contributed by atoms with Crippen LogP contribution < -0.4 is 9.47 Å². The van der Waals surface area contributed by atoms with Gasteiger partial charge >= 0.3 is 0 Å². The summed E-state index contributed by atoms with van der Waals surface area (Å²) in [5.74, 6) is 1.51. The molecule has 0 amide bonds. The molecule has 0 aromatic heterocycles. The number of rotatable bonds is 8. The van der Waals surface area contributed by atoms with E-state index in [4.69, 9.17) is 14.2 Å². The fraction of sp³-hybridized carbons (Fsp3) is 0.368. The first-order valence-electron chi connectivity index (χ1n) is 8.07. The zero-order valence-electron chi connectivity index (χ0n) is 13.9. The van der Waals surface area contributed by atoms with Crippen LogP contribution in [-0.2, 0) is 17.9 Å². The lowest BCUT2D eigenvalue weighted by molar-refractivity contribution is 0.0127. The van der Waals surface area contributed by atoms with Crippen LogP contribution in [0.3, 0.4) is 0 Å². The van der Waals surface area contributed by atoms with Crippen LogP contribution in [0.4, 0.5) is 0 Å². The van der Waals surface area contributed by atoms with Gasteiger partial charge in [-0.15, -0.1) is 0 Å². The van der Waals surface area contributed by atoms with Crippen molar-refractivity contribution in [1.29, 1.82) is 0 Å². The molecule has 0 saturated heterocycles. The van der Waals surface area contributed by atoms with Crippen LogP contribution >= 0.6 is 0 Å². The first-order valence-corrected chi connectivity index (χ1v) is 8.07. The molecular formula is C19H23NO4. The molecule has 0 radical (unpaired) electrons. The van der Waals surface area contributed by atoms with Crippen molar-refractivity contribution in [2.45, 2.75) is 19.3 Å². The van der Waals surface area contributed by atoms with Gasteiger partial charge in [0, 0.05) is 13.1 Å². The van der Waals surface area contributed by atoms with Crippen LogP contribution in [0, 0.1) is 0 Å². The molecule has 1 heterocycles. The van der Waals surface area contributed by atoms with E-state index in [-0.39, 0.29) is 6.79 Å². The number of aliphatic hydroxyl groups is 1. The topological polar surface area (TPSA) is 51.2 Å². The first kappa shape index (κ1) is 16.8. The van der Waals surface area contributed by atoms with E-state index in [1.165, 1.54) is 5.56 Å². The molecular weight excluding hydrogens is 306 g/mol. The van der Waals surface area contributed by atoms with Gasteiger partial charge in [0.05, 0.1) is 19.3 Å². The summed E-state index contributed by atoms with van der Waals surface area (Å²) in [6.45, 7) is 2.38. The lowest BCUT2D eigenvalue weighted by Gasteiger charge is -2.20. The highest BCUT2D eigenvalue weighted by Crippen LogP contribution is 2.32. The van der Waals surface area contributed by atoms with Gasteiger partial charge in [-0.05, 0) is 30.3 Å². The molecule has 3 rings (SSSR count). The fourth-order valence-corrected chi connectivity index (χ4v) is 2.72. The summed E-state index contributed by atoms with van der Waals surface area (Å²) < 4.78 is 16.2. The number of benzene rings is 2. The standard InChI is InChI=1S/C19H23NO4/c1-20(10-15-5-3-2-4-6-15)11-17(21)13-22-12-16-7-8-18-19(9-16)24-14-23-18/h2-9,17,21H,10-14H2,1H3. The third-order valence-electron chi connectivity index (χ3n) is 3.83. The maximum Gasteiger partial charge on any atom is 0.231 e. The summed E-state index contributed by atoms with van der Waals surface area (Å²) in [4.78, 5) is 2.09. The van der Waals surface area contributed by atoms with Crippen molar-refractivity contribution >= 4 is 0 Å². The SMILES string of the molecule is CN(Cc1ccccc1)CC(O)COCc1ccc2c(c1)OCO2. The Morgan fingerprint density at radius 2 is 1.88 bits per heavy atom. The average molecular weight is 329 g/mol. The number of aliphatic hydroxyl groups excluding tert-OH is 1. The molecule has 128 valence electrons. The minimum absolute atomic E-state index is 0.270. The Kier molecular flexibility index (Phi) is 5.69. The highest BCUT2D eigenvalue weighted by atomic mass is 16.7. The average Bonchev–Trinajstić information content (AvgIpc) is 3.03. The molecule has 2 aromatic carbocycles. The van der Waals surface area contributed by atoms with E-state index in [2.05, 4.69) is 17.0 Å². The quantitative estimate of drug-likeness (QED) is 0.806. The van der Waals surface area contributed by atoms with Crippen LogP contribution in [-0.4, -0.2) is 43.1 Å². The Bertz CT molecular complexity index is 647. The van der Waals surface area contributed by atoms with E-state index in [1.807, 2.05) is 43.4 Å². The van der Waals surface area contributed by atoms with Gasteiger partial charge in [-0.3, -0.25) is 4.90 Å². The maximum atomic E-state index is 10.1. The molecule has 1 aliphatic heterocycles. The van der Waals surface area contributed by atoms with Crippen LogP contribution in [0.5, 0.6) is 11.5 Å². The molecule has 0 aliphatic carbocycles. The molecule has 1 unspecified atom stereocenters. The lowest BCUT2D eigenvalue weighted by Crippen LogP contribution is -2.31. The van der Waals surface area contributed by atoms with Gasteiger partial charge in [-0.25, -0.2) is 0 Å². The Morgan fingerprint density at radius 1 is 1.08 bits per heavy atom. The van der Waals surface area contributed by atoms with E-state index >= 15 is 0 Å². The Hall–Kier alpha value is -2.08. The number of hydrogen-bond acceptors (Lipinski definition) is 5. The van der Waals surface area contributed by atoms with Crippen molar-refractivity contribution in [3.63, 3.8) is 0 Å². The fourth-order valence-electron chi connectivity index (χ4n) is 2.72. The Morgan fingerprint density at radius 3 is 2.71 bits per heavy atom. The highest BCUT2D eigenvalue weighted by Gasteiger charge is 2.14. The van der Waals surface area contributed by atoms with Crippen LogP contribution in [0.25, 0.3) is 0 Å². The van der Waals surface area contributed by atoms with Crippen LogP contribution in [0.2, 0.25) is 0 Å². The van der Waals surface area contributed by atoms with Crippen LogP contribution in [0.1, 0.15) is 11.1 Å². The summed E-state index contributed by atoms with van der Waals surface area (Å²) >= 11 is 0. The predicted octanol–water partition coefficient (Wildman–Crippen LogP) is 2.42. The molecule has 1 aliphatic rings. The second-order valence-electron chi connectivity index (χ2n) is 6.04. The number of likely N-dealkylation sites (N-methyl/N-ethyl adjacent to an activating group) is 1. The molecule has 0 saturated carbocycles. The molecule has 0 spiro atoms. The van der Waals surface area contributed by atoms with Crippen molar-refractivity contribution in [3.8, 4) is 11.5 Å². The summed E-state index contributed by atoms with van der Waals surface area (Å²) in [6, 6.07) is 15.9. The van der Waals surface area contributed by atoms with Gasteiger partial charge in [0.1, 0.15) is 0 Å². The molecule has 5 nitrogen and oxygen atoms in total. The number of fused-ring (bicyclic) bond motifs is 1. The van der Waals surface area contributed by atoms with E-state index in [1.54, 1.807) is 0 Å². The molecule has 2 aromatic rings. The first-order chi connectivity index (χ1) is 11.7. The number of ether oxygens (including phenoxy) is 3. The zero-order chi connectivity index (χ0) is 16.8. The van der Waals surface area contributed by atoms with Crippen molar-refractivity contribution in [3.05, 3.63) is 59.7 Å². The molecule has 24 heavy (non-hydrogen) atoms. The molecule has 5 heteroatoms. The smallest absolute Gasteiger partial charge is 0.231 e. The van der Waals surface area contributed by atoms with Crippen molar-refractivity contribution in [2.24, 2.45) is 0 Å². The van der Waals surface area contributed by atoms with E-state index in [0.29, 0.717) is 19.8 Å². The van der Waals surface area contributed by atoms with Gasteiger partial charge in [-0.2, -0.15) is 0 Å². The normalized spacial score (nSPS) is 14.1. The van der Waals surface area contributed by atoms with Crippen molar-refractivity contribution < 1.29 is 19.3 Å². The van der Waals surface area contributed by atoms with Crippen molar-refractivity contribution in [1.82, 2.24) is 4.90 Å². The zero-order valence-corrected chi connectivity index (χ0v) is 13.9. The number of hydrogen-bond donors (Lipinski definition) is 1. The van der Waals surface area contributed by atoms with Gasteiger partial charge in [0.25, 0.3) is 0 Å². The lowest BCUT2D eigenvalue weighted by atomic mass is 10.2. The van der Waals surface area contributed by atoms with Gasteiger partial charge in [-0.1, -0.05) is 36.4 Å². The van der Waals surface area contributed by atoms with Gasteiger partial charge in [0.15, 0.2) is 11.5 Å². The minimum Gasteiger partial charge on any atom is -0.454 e. The van der Waals surface area contributed by atoms with E-state index in [9.17, 15) is 5.11 Å². The van der Waals surface area contributed by atoms with Gasteiger partial charge in [0.2, 0.25) is 6.79 Å². The molecule has 1 N–H and O–H groups in total. The Balaban J connectivity index is 1.38. The Labute approximate surface area is 142 Å². The summed E-state index contributed by atoms with van der Waals surface area (Å²) in [6.07, 6.45) is -0.521. The second kappa shape index (κ2) is 8.15.